The van der Waals surface area contributed by atoms with E-state index < -0.39 is 0 Å². The highest BCUT2D eigenvalue weighted by Crippen LogP contribution is 1.95. The predicted octanol–water partition coefficient (Wildman–Crippen LogP) is 6.52. The second-order valence-electron chi connectivity index (χ2n) is 4.67. The van der Waals surface area contributed by atoms with Gasteiger partial charge in [0.2, 0.25) is 6.71 Å². The van der Waals surface area contributed by atoms with Crippen LogP contribution in [0.3, 0.4) is 0 Å². The van der Waals surface area contributed by atoms with Crippen LogP contribution in [-0.2, 0) is 0 Å². The van der Waals surface area contributed by atoms with E-state index in [2.05, 4.69) is 91.0 Å². The maximum Gasteiger partial charge on any atom is 0.241 e. The summed E-state index contributed by atoms with van der Waals surface area (Å²) in [4.78, 5) is 0. The number of hydrogen-bond acceptors (Lipinski definition) is 0. The first-order valence-electron chi connectivity index (χ1n) is 9.26. The summed E-state index contributed by atoms with van der Waals surface area (Å²) >= 11 is 0. The topological polar surface area (TPSA) is 0 Å². The van der Waals surface area contributed by atoms with Gasteiger partial charge in [-0.2, -0.15) is 0 Å². The molecule has 0 saturated carbocycles. The lowest BCUT2D eigenvalue weighted by Gasteiger charge is -2.15. The number of alkyl halides is 1. The van der Waals surface area contributed by atoms with Crippen LogP contribution in [0.2, 0.25) is 0 Å². The van der Waals surface area contributed by atoms with Gasteiger partial charge in [-0.25, -0.2) is 0 Å². The van der Waals surface area contributed by atoms with E-state index in [4.69, 9.17) is 18.3 Å². The molecule has 0 fully saturated rings. The fraction of sp³-hybridized carbons (Fsp3) is 0.217. The number of hydrogen-bond donors (Lipinski definition) is 0. The van der Waals surface area contributed by atoms with E-state index in [9.17, 15) is 4.39 Å². The SMILES string of the molecule is CC.CC.CF.FF.FF.c1ccc(B(c2ccccc2)c2ccccc2)cc1. The molecule has 0 amide bonds. The highest BCUT2D eigenvalue weighted by Gasteiger charge is 2.20. The lowest BCUT2D eigenvalue weighted by atomic mass is 9.37. The average Bonchev–Trinajstić information content (AvgIpc) is 2.88. The van der Waals surface area contributed by atoms with Gasteiger partial charge in [0, 0.05) is 18.3 Å². The molecule has 3 aromatic rings. The third-order valence-electron chi connectivity index (χ3n) is 3.40. The van der Waals surface area contributed by atoms with Crippen LogP contribution in [0.4, 0.5) is 22.7 Å². The number of halogens is 5. The normalized spacial score (nSPS) is 7.66. The Kier molecular flexibility index (Phi) is 27.2. The average molecular weight is 412 g/mol. The second-order valence-corrected chi connectivity index (χ2v) is 4.67. The van der Waals surface area contributed by atoms with Crippen molar-refractivity contribution in [1.29, 1.82) is 0 Å². The largest absolute Gasteiger partial charge is 0.255 e. The molecule has 6 heteroatoms. The molecule has 3 aromatic carbocycles. The van der Waals surface area contributed by atoms with Gasteiger partial charge in [-0.05, 0) is 0 Å². The molecule has 0 aliphatic rings. The Labute approximate surface area is 172 Å². The summed E-state index contributed by atoms with van der Waals surface area (Å²) in [5.74, 6) is 0. The minimum atomic E-state index is 0.309. The van der Waals surface area contributed by atoms with Gasteiger partial charge in [0.1, 0.15) is 0 Å². The highest BCUT2D eigenvalue weighted by molar-refractivity contribution is 6.95. The van der Waals surface area contributed by atoms with Crippen molar-refractivity contribution in [3.63, 3.8) is 0 Å². The Hall–Kier alpha value is -2.63. The van der Waals surface area contributed by atoms with Crippen molar-refractivity contribution >= 4 is 23.1 Å². The van der Waals surface area contributed by atoms with E-state index in [1.54, 1.807) is 0 Å². The summed E-state index contributed by atoms with van der Waals surface area (Å²) in [6.07, 6.45) is 0. The van der Waals surface area contributed by atoms with E-state index in [1.807, 2.05) is 27.7 Å². The van der Waals surface area contributed by atoms with Gasteiger partial charge in [0.15, 0.2) is 0 Å². The van der Waals surface area contributed by atoms with Crippen molar-refractivity contribution < 1.29 is 22.7 Å². The molecule has 0 bridgehead atoms. The minimum Gasteiger partial charge on any atom is -0.255 e. The Morgan fingerprint density at radius 3 is 0.759 bits per heavy atom. The summed E-state index contributed by atoms with van der Waals surface area (Å²) in [6, 6.07) is 32.0. The Balaban J connectivity index is -0.000000594. The van der Waals surface area contributed by atoms with Crippen molar-refractivity contribution in [3.05, 3.63) is 91.0 Å². The van der Waals surface area contributed by atoms with Crippen molar-refractivity contribution in [3.8, 4) is 0 Å². The molecule has 0 saturated heterocycles. The van der Waals surface area contributed by atoms with E-state index in [-0.39, 0.29) is 0 Å². The monoisotopic (exact) mass is 412 g/mol. The molecule has 0 spiro atoms. The molecule has 0 heterocycles. The third kappa shape index (κ3) is 12.4. The third-order valence-corrected chi connectivity index (χ3v) is 3.40. The van der Waals surface area contributed by atoms with E-state index in [0.717, 1.165) is 0 Å². The zero-order valence-electron chi connectivity index (χ0n) is 17.6. The molecule has 0 atom stereocenters. The first kappa shape index (κ1) is 31.1. The summed E-state index contributed by atoms with van der Waals surface area (Å²) in [6.45, 7) is 8.31. The van der Waals surface area contributed by atoms with Crippen LogP contribution >= 0.6 is 0 Å². The van der Waals surface area contributed by atoms with Gasteiger partial charge < -0.3 is 0 Å². The lowest BCUT2D eigenvalue weighted by molar-refractivity contribution is 0.108. The van der Waals surface area contributed by atoms with Gasteiger partial charge >= 0.3 is 0 Å². The molecule has 160 valence electrons. The molecule has 0 unspecified atom stereocenters. The summed E-state index contributed by atoms with van der Waals surface area (Å²) in [7, 11) is 0.500. The van der Waals surface area contributed by atoms with Gasteiger partial charge in [0.05, 0.1) is 7.18 Å². The standard InChI is InChI=1S/C18H15B.2C2H6.CH3F.2F2/c1-4-10-16(11-5-1)19(17-12-6-2-7-13-17)18-14-8-3-9-15-18;5*1-2/h1-15H;2*1-2H3;1H3;;. The maximum atomic E-state index is 9.50. The Morgan fingerprint density at radius 1 is 0.414 bits per heavy atom. The maximum absolute atomic E-state index is 9.50. The zero-order valence-corrected chi connectivity index (χ0v) is 17.6. The molecule has 3 rings (SSSR count). The fourth-order valence-electron chi connectivity index (χ4n) is 2.51. The highest BCUT2D eigenvalue weighted by atomic mass is 20.0. The van der Waals surface area contributed by atoms with Crippen LogP contribution in [-0.4, -0.2) is 13.9 Å². The summed E-state index contributed by atoms with van der Waals surface area (Å²) < 4.78 is 41.5. The molecular weight excluding hydrogens is 382 g/mol. The molecular formula is C23H30BF5. The van der Waals surface area contributed by atoms with E-state index in [1.165, 1.54) is 16.4 Å². The van der Waals surface area contributed by atoms with Crippen molar-refractivity contribution in [2.75, 3.05) is 7.18 Å². The Morgan fingerprint density at radius 2 is 0.586 bits per heavy atom. The summed E-state index contributed by atoms with van der Waals surface area (Å²) in [5, 5.41) is 0. The van der Waals surface area contributed by atoms with Crippen LogP contribution in [0.5, 0.6) is 0 Å². The smallest absolute Gasteiger partial charge is 0.241 e. The van der Waals surface area contributed by atoms with Gasteiger partial charge in [0.25, 0.3) is 0 Å². The quantitative estimate of drug-likeness (QED) is 0.339. The molecule has 0 radical (unpaired) electrons. The molecule has 0 aromatic heterocycles. The summed E-state index contributed by atoms with van der Waals surface area (Å²) in [5.41, 5.74) is 4.00. The van der Waals surface area contributed by atoms with Crippen molar-refractivity contribution in [1.82, 2.24) is 0 Å². The van der Waals surface area contributed by atoms with Crippen molar-refractivity contribution in [2.45, 2.75) is 27.7 Å². The fourth-order valence-corrected chi connectivity index (χ4v) is 2.51. The van der Waals surface area contributed by atoms with Gasteiger partial charge in [-0.3, -0.25) is 4.39 Å². The molecule has 0 aliphatic heterocycles. The van der Waals surface area contributed by atoms with Crippen molar-refractivity contribution in [2.24, 2.45) is 0 Å². The van der Waals surface area contributed by atoms with Gasteiger partial charge in [-0.1, -0.05) is 135 Å². The molecule has 29 heavy (non-hydrogen) atoms. The Bertz CT molecular complexity index is 543. The zero-order chi connectivity index (χ0) is 22.9. The van der Waals surface area contributed by atoms with Crippen LogP contribution in [0, 0.1) is 0 Å². The molecule has 0 nitrogen and oxygen atoms in total. The minimum absolute atomic E-state index is 0.309. The first-order valence-corrected chi connectivity index (χ1v) is 9.26. The first-order chi connectivity index (χ1) is 14.4. The van der Waals surface area contributed by atoms with E-state index >= 15 is 0 Å². The number of benzene rings is 3. The second kappa shape index (κ2) is 25.4. The van der Waals surface area contributed by atoms with E-state index in [0.29, 0.717) is 13.9 Å². The van der Waals surface area contributed by atoms with Crippen LogP contribution in [0.15, 0.2) is 91.0 Å². The molecule has 0 aliphatic carbocycles. The number of rotatable bonds is 3. The molecule has 0 N–H and O–H groups in total. The lowest BCUT2D eigenvalue weighted by Crippen LogP contribution is -2.51. The van der Waals surface area contributed by atoms with Crippen LogP contribution in [0.1, 0.15) is 27.7 Å². The van der Waals surface area contributed by atoms with Crippen LogP contribution < -0.4 is 16.4 Å². The van der Waals surface area contributed by atoms with Gasteiger partial charge in [-0.15, -0.1) is 0 Å². The predicted molar refractivity (Wildman–Crippen MR) is 118 cm³/mol. The van der Waals surface area contributed by atoms with Crippen LogP contribution in [0.25, 0.3) is 0 Å².